The molecule has 166 valence electrons. The molecule has 1 aromatic carbocycles. The summed E-state index contributed by atoms with van der Waals surface area (Å²) >= 11 is 0. The lowest BCUT2D eigenvalue weighted by molar-refractivity contribution is 0.0587. The van der Waals surface area contributed by atoms with Gasteiger partial charge in [-0.3, -0.25) is 14.8 Å². The number of nitrogens with one attached hydrogen (secondary N) is 1. The van der Waals surface area contributed by atoms with Crippen LogP contribution < -0.4 is 5.32 Å². The van der Waals surface area contributed by atoms with Crippen LogP contribution in [0, 0.1) is 0 Å². The molecule has 1 N–H and O–H groups in total. The maximum Gasteiger partial charge on any atom is 0.356 e. The van der Waals surface area contributed by atoms with E-state index in [1.807, 2.05) is 0 Å². The van der Waals surface area contributed by atoms with Gasteiger partial charge in [0.1, 0.15) is 5.69 Å². The van der Waals surface area contributed by atoms with Gasteiger partial charge in [-0.2, -0.15) is 5.10 Å². The van der Waals surface area contributed by atoms with Crippen LogP contribution in [0.25, 0.3) is 0 Å². The molecular formula is C19H23N5O6S. The number of aromatic nitrogens is 2. The first-order valence-corrected chi connectivity index (χ1v) is 11.3. The Labute approximate surface area is 179 Å². The van der Waals surface area contributed by atoms with Crippen molar-refractivity contribution in [1.82, 2.24) is 19.6 Å². The number of rotatable bonds is 4. The summed E-state index contributed by atoms with van der Waals surface area (Å²) in [6.07, 6.45) is 1.09. The fourth-order valence-electron chi connectivity index (χ4n) is 3.17. The zero-order valence-corrected chi connectivity index (χ0v) is 18.2. The lowest BCUT2D eigenvalue weighted by Gasteiger charge is -2.34. The maximum absolute atomic E-state index is 12.7. The van der Waals surface area contributed by atoms with E-state index in [0.29, 0.717) is 26.2 Å². The molecule has 11 nitrogen and oxygen atoms in total. The van der Waals surface area contributed by atoms with Gasteiger partial charge < -0.3 is 14.5 Å². The van der Waals surface area contributed by atoms with Crippen molar-refractivity contribution in [2.24, 2.45) is 7.05 Å². The van der Waals surface area contributed by atoms with E-state index in [1.54, 1.807) is 18.0 Å². The van der Waals surface area contributed by atoms with Crippen LogP contribution in [0.3, 0.4) is 0 Å². The predicted octanol–water partition coefficient (Wildman–Crippen LogP) is 0.600. The van der Waals surface area contributed by atoms with Gasteiger partial charge in [0.15, 0.2) is 15.7 Å². The normalized spacial score (nSPS) is 14.3. The highest BCUT2D eigenvalue weighted by atomic mass is 32.2. The molecule has 0 radical (unpaired) electrons. The molecule has 2 aromatic rings. The largest absolute Gasteiger partial charge is 0.464 e. The number of benzene rings is 1. The van der Waals surface area contributed by atoms with E-state index in [4.69, 9.17) is 0 Å². The molecular weight excluding hydrogens is 426 g/mol. The van der Waals surface area contributed by atoms with Gasteiger partial charge in [0.2, 0.25) is 0 Å². The van der Waals surface area contributed by atoms with Crippen molar-refractivity contribution in [3.63, 3.8) is 0 Å². The summed E-state index contributed by atoms with van der Waals surface area (Å²) < 4.78 is 29.4. The lowest BCUT2D eigenvalue weighted by atomic mass is 10.2. The Bertz CT molecular complexity index is 1120. The molecule has 0 saturated carbocycles. The molecule has 1 aliphatic heterocycles. The Balaban J connectivity index is 1.60. The SMILES string of the molecule is COC(=O)c1cc(NC(=O)N2CCN(C(=O)c3cccc(S(C)(=O)=O)c3)CC2)nn1C. The van der Waals surface area contributed by atoms with E-state index in [2.05, 4.69) is 15.2 Å². The monoisotopic (exact) mass is 449 g/mol. The van der Waals surface area contributed by atoms with E-state index in [1.165, 1.54) is 41.0 Å². The molecule has 0 aliphatic carbocycles. The summed E-state index contributed by atoms with van der Waals surface area (Å²) in [5, 5.41) is 6.70. The van der Waals surface area contributed by atoms with Crippen LogP contribution in [0.1, 0.15) is 20.8 Å². The van der Waals surface area contributed by atoms with Gasteiger partial charge in [0.25, 0.3) is 5.91 Å². The molecule has 2 heterocycles. The van der Waals surface area contributed by atoms with E-state index < -0.39 is 21.8 Å². The van der Waals surface area contributed by atoms with Crippen LogP contribution in [0.15, 0.2) is 35.2 Å². The number of nitrogens with zero attached hydrogens (tertiary/aromatic N) is 4. The van der Waals surface area contributed by atoms with Gasteiger partial charge in [-0.15, -0.1) is 0 Å². The van der Waals surface area contributed by atoms with Crippen LogP contribution in [-0.2, 0) is 21.6 Å². The number of amides is 3. The number of aryl methyl sites for hydroxylation is 1. The average Bonchev–Trinajstić information content (AvgIpc) is 3.12. The van der Waals surface area contributed by atoms with Crippen molar-refractivity contribution in [2.45, 2.75) is 4.90 Å². The number of urea groups is 1. The van der Waals surface area contributed by atoms with Crippen LogP contribution in [-0.4, -0.2) is 85.5 Å². The van der Waals surface area contributed by atoms with Gasteiger partial charge in [0.05, 0.1) is 12.0 Å². The smallest absolute Gasteiger partial charge is 0.356 e. The fraction of sp³-hybridized carbons (Fsp3) is 0.368. The van der Waals surface area contributed by atoms with E-state index in [9.17, 15) is 22.8 Å². The van der Waals surface area contributed by atoms with Crippen molar-refractivity contribution in [3.05, 3.63) is 41.6 Å². The Morgan fingerprint density at radius 2 is 1.71 bits per heavy atom. The summed E-state index contributed by atoms with van der Waals surface area (Å²) in [7, 11) is -0.600. The first-order chi connectivity index (χ1) is 14.6. The molecule has 3 rings (SSSR count). The third kappa shape index (κ3) is 5.02. The second-order valence-electron chi connectivity index (χ2n) is 7.04. The van der Waals surface area contributed by atoms with Crippen molar-refractivity contribution < 1.29 is 27.5 Å². The molecule has 0 unspecified atom stereocenters. The molecule has 3 amide bonds. The molecule has 0 atom stereocenters. The number of hydrogen-bond donors (Lipinski definition) is 1. The highest BCUT2D eigenvalue weighted by Gasteiger charge is 2.26. The lowest BCUT2D eigenvalue weighted by Crippen LogP contribution is -2.51. The molecule has 1 aliphatic rings. The zero-order chi connectivity index (χ0) is 22.8. The number of sulfone groups is 1. The van der Waals surface area contributed by atoms with Gasteiger partial charge in [-0.05, 0) is 18.2 Å². The zero-order valence-electron chi connectivity index (χ0n) is 17.4. The third-order valence-electron chi connectivity index (χ3n) is 4.87. The van der Waals surface area contributed by atoms with Crippen LogP contribution >= 0.6 is 0 Å². The molecule has 0 spiro atoms. The Morgan fingerprint density at radius 3 is 2.32 bits per heavy atom. The molecule has 1 fully saturated rings. The molecule has 0 bridgehead atoms. The summed E-state index contributed by atoms with van der Waals surface area (Å²) in [5.41, 5.74) is 0.481. The predicted molar refractivity (Wildman–Crippen MR) is 111 cm³/mol. The number of anilines is 1. The summed E-state index contributed by atoms with van der Waals surface area (Å²) in [4.78, 5) is 40.1. The van der Waals surface area contributed by atoms with Gasteiger partial charge in [-0.1, -0.05) is 6.07 Å². The van der Waals surface area contributed by atoms with Crippen molar-refractivity contribution in [2.75, 3.05) is 44.9 Å². The topological polar surface area (TPSA) is 131 Å². The van der Waals surface area contributed by atoms with E-state index >= 15 is 0 Å². The summed E-state index contributed by atoms with van der Waals surface area (Å²) in [5.74, 6) is -0.649. The Kier molecular flexibility index (Phi) is 6.29. The summed E-state index contributed by atoms with van der Waals surface area (Å²) in [6, 6.07) is 6.91. The first kappa shape index (κ1) is 22.3. The molecule has 1 saturated heterocycles. The highest BCUT2D eigenvalue weighted by Crippen LogP contribution is 2.16. The minimum Gasteiger partial charge on any atom is -0.464 e. The third-order valence-corrected chi connectivity index (χ3v) is 5.98. The minimum absolute atomic E-state index is 0.0815. The van der Waals surface area contributed by atoms with Crippen LogP contribution in [0.2, 0.25) is 0 Å². The van der Waals surface area contributed by atoms with Gasteiger partial charge in [0, 0.05) is 51.1 Å². The first-order valence-electron chi connectivity index (χ1n) is 9.38. The van der Waals surface area contributed by atoms with Gasteiger partial charge >= 0.3 is 12.0 Å². The number of hydrogen-bond acceptors (Lipinski definition) is 7. The molecule has 31 heavy (non-hydrogen) atoms. The fourth-order valence-corrected chi connectivity index (χ4v) is 3.83. The maximum atomic E-state index is 12.7. The number of ether oxygens (including phenoxy) is 1. The number of methoxy groups -OCH3 is 1. The molecule has 1 aromatic heterocycles. The van der Waals surface area contributed by atoms with Crippen molar-refractivity contribution >= 4 is 33.6 Å². The number of carbonyl (C=O) groups excluding carboxylic acids is 3. The summed E-state index contributed by atoms with van der Waals surface area (Å²) in [6.45, 7) is 1.18. The Morgan fingerprint density at radius 1 is 1.06 bits per heavy atom. The van der Waals surface area contributed by atoms with E-state index in [-0.39, 0.29) is 27.9 Å². The number of esters is 1. The van der Waals surface area contributed by atoms with Crippen LogP contribution in [0.4, 0.5) is 10.6 Å². The van der Waals surface area contributed by atoms with E-state index in [0.717, 1.165) is 6.26 Å². The number of carbonyl (C=O) groups is 3. The number of piperazine rings is 1. The van der Waals surface area contributed by atoms with Crippen LogP contribution in [0.5, 0.6) is 0 Å². The molecule has 12 heteroatoms. The van der Waals surface area contributed by atoms with Crippen molar-refractivity contribution in [1.29, 1.82) is 0 Å². The average molecular weight is 449 g/mol. The second kappa shape index (κ2) is 8.76. The van der Waals surface area contributed by atoms with Crippen molar-refractivity contribution in [3.8, 4) is 0 Å². The highest BCUT2D eigenvalue weighted by molar-refractivity contribution is 7.90. The minimum atomic E-state index is -3.42. The standard InChI is InChI=1S/C19H23N5O6S/c1-22-15(18(26)30-2)12-16(21-22)20-19(27)24-9-7-23(8-10-24)17(25)13-5-4-6-14(11-13)31(3,28)29/h4-6,11-12H,7-10H2,1-3H3,(H,20,21,27). The second-order valence-corrected chi connectivity index (χ2v) is 9.06. The Hall–Kier alpha value is -3.41. The van der Waals surface area contributed by atoms with Gasteiger partial charge in [-0.25, -0.2) is 18.0 Å². The quantitative estimate of drug-likeness (QED) is 0.676.